The van der Waals surface area contributed by atoms with E-state index in [0.29, 0.717) is 5.92 Å². The Hall–Kier alpha value is -1.04. The maximum Gasteiger partial charge on any atom is 0.00693 e. The fourth-order valence-electron chi connectivity index (χ4n) is 3.98. The van der Waals surface area contributed by atoms with Crippen LogP contribution in [0.2, 0.25) is 0 Å². The normalized spacial score (nSPS) is 26.4. The van der Waals surface area contributed by atoms with Crippen LogP contribution in [0.4, 0.5) is 0 Å². The summed E-state index contributed by atoms with van der Waals surface area (Å²) in [6.07, 6.45) is 6.69. The maximum atomic E-state index is 2.63. The van der Waals surface area contributed by atoms with Crippen molar-refractivity contribution in [1.82, 2.24) is 0 Å². The first-order chi connectivity index (χ1) is 10.3. The predicted molar refractivity (Wildman–Crippen MR) is 98.1 cm³/mol. The molecule has 0 spiro atoms. The largest absolute Gasteiger partial charge is 0.0770 e. The number of hydrogen-bond donors (Lipinski definition) is 0. The third-order valence-electron chi connectivity index (χ3n) is 5.31. The van der Waals surface area contributed by atoms with E-state index in [4.69, 9.17) is 0 Å². The van der Waals surface area contributed by atoms with E-state index < -0.39 is 0 Å². The van der Waals surface area contributed by atoms with Crippen molar-refractivity contribution < 1.29 is 0 Å². The molecule has 22 heavy (non-hydrogen) atoms. The lowest BCUT2D eigenvalue weighted by molar-refractivity contribution is 0.299. The van der Waals surface area contributed by atoms with Crippen molar-refractivity contribution in [3.8, 4) is 0 Å². The van der Waals surface area contributed by atoms with Crippen molar-refractivity contribution >= 4 is 0 Å². The molecule has 122 valence electrons. The highest BCUT2D eigenvalue weighted by Gasteiger charge is 2.30. The molecule has 1 aliphatic rings. The third-order valence-corrected chi connectivity index (χ3v) is 5.31. The molecule has 0 radical (unpaired) electrons. The molecule has 1 fully saturated rings. The van der Waals surface area contributed by atoms with Crippen LogP contribution in [0.25, 0.3) is 0 Å². The number of benzene rings is 1. The van der Waals surface area contributed by atoms with Gasteiger partial charge in [0.2, 0.25) is 0 Å². The maximum absolute atomic E-state index is 2.63. The minimum absolute atomic E-state index is 0.260. The molecule has 0 heteroatoms. The summed E-state index contributed by atoms with van der Waals surface area (Å²) >= 11 is 0. The summed E-state index contributed by atoms with van der Waals surface area (Å²) < 4.78 is 0. The number of rotatable bonds is 3. The Bertz CT molecular complexity index is 487. The minimum atomic E-state index is 0.260. The molecule has 1 aliphatic carbocycles. The molecule has 0 saturated heterocycles. The second-order valence-corrected chi connectivity index (χ2v) is 8.73. The Labute approximate surface area is 138 Å². The van der Waals surface area contributed by atoms with E-state index in [1.54, 1.807) is 5.57 Å². The van der Waals surface area contributed by atoms with Gasteiger partial charge in [-0.1, -0.05) is 83.5 Å². The lowest BCUT2D eigenvalue weighted by Crippen LogP contribution is -2.23. The highest BCUT2D eigenvalue weighted by Crippen LogP contribution is 2.43. The van der Waals surface area contributed by atoms with Crippen molar-refractivity contribution in [3.05, 3.63) is 47.5 Å². The summed E-state index contributed by atoms with van der Waals surface area (Å²) in [4.78, 5) is 0. The molecule has 0 heterocycles. The van der Waals surface area contributed by atoms with E-state index in [-0.39, 0.29) is 5.41 Å². The van der Waals surface area contributed by atoms with Crippen LogP contribution in [0, 0.1) is 23.2 Å². The molecule has 1 saturated carbocycles. The SMILES string of the molecule is CC(C)[C@@H]1CC[C@@H](C)C/C1=C\[C@H](c1ccccc1)C(C)(C)C. The molecule has 3 atom stereocenters. The highest BCUT2D eigenvalue weighted by atomic mass is 14.3. The van der Waals surface area contributed by atoms with Gasteiger partial charge in [0, 0.05) is 5.92 Å². The summed E-state index contributed by atoms with van der Waals surface area (Å²) in [5.41, 5.74) is 3.44. The van der Waals surface area contributed by atoms with Crippen molar-refractivity contribution in [1.29, 1.82) is 0 Å². The van der Waals surface area contributed by atoms with Gasteiger partial charge >= 0.3 is 0 Å². The van der Waals surface area contributed by atoms with Gasteiger partial charge in [0.15, 0.2) is 0 Å². The van der Waals surface area contributed by atoms with Crippen LogP contribution >= 0.6 is 0 Å². The van der Waals surface area contributed by atoms with Gasteiger partial charge in [-0.25, -0.2) is 0 Å². The number of allylic oxidation sites excluding steroid dienone is 2. The van der Waals surface area contributed by atoms with Crippen molar-refractivity contribution in [3.63, 3.8) is 0 Å². The molecule has 0 bridgehead atoms. The lowest BCUT2D eigenvalue weighted by atomic mass is 9.69. The van der Waals surface area contributed by atoms with Crippen LogP contribution in [-0.4, -0.2) is 0 Å². The molecule has 0 unspecified atom stereocenters. The Kier molecular flexibility index (Phi) is 5.53. The third kappa shape index (κ3) is 4.24. The molecule has 0 nitrogen and oxygen atoms in total. The molecular formula is C22H34. The molecule has 0 N–H and O–H groups in total. The van der Waals surface area contributed by atoms with E-state index in [9.17, 15) is 0 Å². The number of hydrogen-bond acceptors (Lipinski definition) is 0. The smallest absolute Gasteiger partial charge is 0.00693 e. The van der Waals surface area contributed by atoms with Crippen molar-refractivity contribution in [2.75, 3.05) is 0 Å². The summed E-state index contributed by atoms with van der Waals surface area (Å²) in [7, 11) is 0. The fraction of sp³-hybridized carbons (Fsp3) is 0.636. The minimum Gasteiger partial charge on any atom is -0.0770 e. The van der Waals surface area contributed by atoms with Crippen molar-refractivity contribution in [2.24, 2.45) is 23.2 Å². The topological polar surface area (TPSA) is 0 Å². The first-order valence-corrected chi connectivity index (χ1v) is 9.04. The zero-order valence-corrected chi connectivity index (χ0v) is 15.4. The van der Waals surface area contributed by atoms with E-state index >= 15 is 0 Å². The fourth-order valence-corrected chi connectivity index (χ4v) is 3.98. The highest BCUT2D eigenvalue weighted by molar-refractivity contribution is 5.29. The first kappa shape index (κ1) is 17.3. The predicted octanol–water partition coefficient (Wildman–Crippen LogP) is 6.83. The van der Waals surface area contributed by atoms with E-state index in [1.165, 1.54) is 24.8 Å². The average Bonchev–Trinajstić information content (AvgIpc) is 2.44. The van der Waals surface area contributed by atoms with Crippen LogP contribution in [0.3, 0.4) is 0 Å². The first-order valence-electron chi connectivity index (χ1n) is 9.04. The molecule has 0 aliphatic heterocycles. The Morgan fingerprint density at radius 2 is 1.68 bits per heavy atom. The summed E-state index contributed by atoms with van der Waals surface area (Å²) in [6.45, 7) is 14.3. The second kappa shape index (κ2) is 7.02. The molecule has 1 aromatic rings. The summed E-state index contributed by atoms with van der Waals surface area (Å²) in [5.74, 6) is 2.90. The molecular weight excluding hydrogens is 264 g/mol. The van der Waals surface area contributed by atoms with Gasteiger partial charge < -0.3 is 0 Å². The van der Waals surface area contributed by atoms with Crippen LogP contribution in [0.5, 0.6) is 0 Å². The zero-order valence-electron chi connectivity index (χ0n) is 15.4. The molecule has 1 aromatic carbocycles. The van der Waals surface area contributed by atoms with Gasteiger partial charge in [-0.3, -0.25) is 0 Å². The van der Waals surface area contributed by atoms with Gasteiger partial charge in [0.1, 0.15) is 0 Å². The zero-order chi connectivity index (χ0) is 16.3. The van der Waals surface area contributed by atoms with Gasteiger partial charge in [-0.2, -0.15) is 0 Å². The van der Waals surface area contributed by atoms with Crippen LogP contribution in [-0.2, 0) is 0 Å². The van der Waals surface area contributed by atoms with Gasteiger partial charge in [-0.05, 0) is 48.0 Å². The summed E-state index contributed by atoms with van der Waals surface area (Å²) in [5, 5.41) is 0. The van der Waals surface area contributed by atoms with E-state index in [0.717, 1.165) is 17.8 Å². The van der Waals surface area contributed by atoms with Crippen molar-refractivity contribution in [2.45, 2.75) is 66.7 Å². The molecule has 0 amide bonds. The Morgan fingerprint density at radius 1 is 1.05 bits per heavy atom. The Balaban J connectivity index is 2.38. The standard InChI is InChI=1S/C22H34/c1-16(2)20-13-12-17(3)14-19(20)15-21(22(4,5)6)18-10-8-7-9-11-18/h7-11,15-17,20-21H,12-14H2,1-6H3/b19-15+/t17-,20+,21-/m1/s1. The quantitative estimate of drug-likeness (QED) is 0.536. The molecule has 0 aromatic heterocycles. The van der Waals surface area contributed by atoms with Crippen LogP contribution in [0.15, 0.2) is 42.0 Å². The van der Waals surface area contributed by atoms with Gasteiger partial charge in [-0.15, -0.1) is 0 Å². The summed E-state index contributed by atoms with van der Waals surface area (Å²) in [6, 6.07) is 11.1. The van der Waals surface area contributed by atoms with E-state index in [2.05, 4.69) is 78.0 Å². The Morgan fingerprint density at radius 3 is 2.23 bits per heavy atom. The van der Waals surface area contributed by atoms with Gasteiger partial charge in [0.05, 0.1) is 0 Å². The average molecular weight is 299 g/mol. The van der Waals surface area contributed by atoms with Crippen LogP contribution < -0.4 is 0 Å². The lowest BCUT2D eigenvalue weighted by Gasteiger charge is -2.36. The molecule has 2 rings (SSSR count). The monoisotopic (exact) mass is 298 g/mol. The second-order valence-electron chi connectivity index (χ2n) is 8.73. The van der Waals surface area contributed by atoms with E-state index in [1.807, 2.05) is 0 Å². The van der Waals surface area contributed by atoms with Gasteiger partial charge in [0.25, 0.3) is 0 Å². The van der Waals surface area contributed by atoms with Crippen LogP contribution in [0.1, 0.15) is 72.3 Å².